The Kier molecular flexibility index (Phi) is 4.84. The summed E-state index contributed by atoms with van der Waals surface area (Å²) in [5.41, 5.74) is 0.452. The van der Waals surface area contributed by atoms with Gasteiger partial charge in [0.1, 0.15) is 10.9 Å². The molecule has 0 aromatic heterocycles. The first-order valence-electron chi connectivity index (χ1n) is 7.06. The molecule has 7 heteroatoms. The van der Waals surface area contributed by atoms with Gasteiger partial charge in [-0.15, -0.1) is 0 Å². The topological polar surface area (TPSA) is 87.3 Å². The number of piperidine rings is 1. The van der Waals surface area contributed by atoms with Crippen molar-refractivity contribution in [1.29, 1.82) is 0 Å². The zero-order chi connectivity index (χ0) is 15.5. The fourth-order valence-electron chi connectivity index (χ4n) is 2.29. The van der Waals surface area contributed by atoms with Crippen LogP contribution in [0.15, 0.2) is 29.2 Å². The molecule has 116 valence electrons. The predicted octanol–water partition coefficient (Wildman–Crippen LogP) is 1.06. The molecule has 1 saturated heterocycles. The Labute approximate surface area is 125 Å². The van der Waals surface area contributed by atoms with Gasteiger partial charge in [0, 0.05) is 12.6 Å². The highest BCUT2D eigenvalue weighted by Gasteiger charge is 2.25. The second kappa shape index (κ2) is 6.44. The Morgan fingerprint density at radius 1 is 1.29 bits per heavy atom. The zero-order valence-corrected chi connectivity index (χ0v) is 13.0. The molecule has 21 heavy (non-hydrogen) atoms. The van der Waals surface area contributed by atoms with Crippen molar-refractivity contribution in [2.75, 3.05) is 11.9 Å². The zero-order valence-electron chi connectivity index (χ0n) is 12.2. The average Bonchev–Trinajstić information content (AvgIpc) is 2.40. The molecule has 1 amide bonds. The maximum Gasteiger partial charge on any atom is 0.242 e. The van der Waals surface area contributed by atoms with Crippen LogP contribution in [-0.4, -0.2) is 33.0 Å². The average molecular weight is 311 g/mol. The fourth-order valence-corrected chi connectivity index (χ4v) is 3.71. The van der Waals surface area contributed by atoms with Crippen LogP contribution in [0.2, 0.25) is 0 Å². The number of nitrogens with one attached hydrogen (secondary N) is 3. The number of anilines is 1. The van der Waals surface area contributed by atoms with E-state index in [2.05, 4.69) is 15.4 Å². The number of carbonyl (C=O) groups is 1. The van der Waals surface area contributed by atoms with E-state index in [0.29, 0.717) is 18.7 Å². The Morgan fingerprint density at radius 3 is 2.67 bits per heavy atom. The Bertz CT molecular complexity index is 614. The summed E-state index contributed by atoms with van der Waals surface area (Å²) in [7, 11) is -3.60. The van der Waals surface area contributed by atoms with Crippen LogP contribution in [0.4, 0.5) is 5.69 Å². The minimum atomic E-state index is -3.60. The van der Waals surface area contributed by atoms with E-state index in [1.165, 1.54) is 6.07 Å². The lowest BCUT2D eigenvalue weighted by Gasteiger charge is -2.25. The van der Waals surface area contributed by atoms with Crippen molar-refractivity contribution >= 4 is 21.6 Å². The van der Waals surface area contributed by atoms with Gasteiger partial charge in [0.15, 0.2) is 0 Å². The number of hydrogen-bond donors (Lipinski definition) is 3. The van der Waals surface area contributed by atoms with Gasteiger partial charge in [-0.3, -0.25) is 4.79 Å². The van der Waals surface area contributed by atoms with Crippen molar-refractivity contribution in [3.05, 3.63) is 24.3 Å². The Balaban J connectivity index is 2.26. The molecule has 0 bridgehead atoms. The molecule has 1 aliphatic rings. The van der Waals surface area contributed by atoms with Crippen LogP contribution in [0, 0.1) is 0 Å². The van der Waals surface area contributed by atoms with Crippen molar-refractivity contribution in [1.82, 2.24) is 10.0 Å². The van der Waals surface area contributed by atoms with Crippen LogP contribution in [0.5, 0.6) is 0 Å². The molecule has 1 atom stereocenters. The number of amides is 1. The number of carbonyl (C=O) groups excluding carboxylic acids is 1. The minimum Gasteiger partial charge on any atom is -0.373 e. The molecule has 0 aliphatic carbocycles. The van der Waals surface area contributed by atoms with Crippen LogP contribution < -0.4 is 15.4 Å². The third-order valence-corrected chi connectivity index (χ3v) is 4.90. The molecule has 2 rings (SSSR count). The molecule has 1 heterocycles. The largest absolute Gasteiger partial charge is 0.373 e. The van der Waals surface area contributed by atoms with Crippen LogP contribution in [0.25, 0.3) is 0 Å². The van der Waals surface area contributed by atoms with E-state index in [9.17, 15) is 13.2 Å². The highest BCUT2D eigenvalue weighted by molar-refractivity contribution is 7.89. The quantitative estimate of drug-likeness (QED) is 0.759. The van der Waals surface area contributed by atoms with Crippen molar-refractivity contribution in [3.63, 3.8) is 0 Å². The lowest BCUT2D eigenvalue weighted by Crippen LogP contribution is -2.44. The van der Waals surface area contributed by atoms with E-state index in [1.807, 2.05) is 0 Å². The normalized spacial score (nSPS) is 19.4. The number of hydrogen-bond acceptors (Lipinski definition) is 4. The fraction of sp³-hybridized carbons (Fsp3) is 0.500. The second-order valence-electron chi connectivity index (χ2n) is 5.40. The lowest BCUT2D eigenvalue weighted by molar-refractivity contribution is -0.123. The Morgan fingerprint density at radius 2 is 2.00 bits per heavy atom. The van der Waals surface area contributed by atoms with Gasteiger partial charge in [0.2, 0.25) is 15.9 Å². The van der Waals surface area contributed by atoms with Crippen LogP contribution in [0.1, 0.15) is 26.7 Å². The Hall–Kier alpha value is -1.60. The summed E-state index contributed by atoms with van der Waals surface area (Å²) in [6.07, 6.45) is 1.57. The summed E-state index contributed by atoms with van der Waals surface area (Å²) in [6, 6.07) is 6.04. The van der Waals surface area contributed by atoms with E-state index in [1.54, 1.807) is 32.0 Å². The van der Waals surface area contributed by atoms with Gasteiger partial charge in [-0.1, -0.05) is 12.1 Å². The standard InChI is InChI=1S/C14H21N3O3S/c1-10(2)17-21(19,20)13-8-4-3-6-11(13)16-12-7-5-9-15-14(12)18/h3-4,6,8,10,12,16-17H,5,7,9H2,1-2H3,(H,15,18). The molecule has 1 unspecified atom stereocenters. The number of para-hydroxylation sites is 1. The van der Waals surface area contributed by atoms with E-state index < -0.39 is 16.1 Å². The maximum absolute atomic E-state index is 12.3. The van der Waals surface area contributed by atoms with Gasteiger partial charge >= 0.3 is 0 Å². The molecule has 1 aromatic rings. The summed E-state index contributed by atoms with van der Waals surface area (Å²) < 4.78 is 27.2. The molecular formula is C14H21N3O3S. The highest BCUT2D eigenvalue weighted by atomic mass is 32.2. The first-order chi connectivity index (χ1) is 9.90. The summed E-state index contributed by atoms with van der Waals surface area (Å²) in [5, 5.41) is 5.82. The first-order valence-corrected chi connectivity index (χ1v) is 8.54. The van der Waals surface area contributed by atoms with Crippen molar-refractivity contribution in [2.45, 2.75) is 43.7 Å². The molecule has 1 aromatic carbocycles. The first kappa shape index (κ1) is 15.8. The van der Waals surface area contributed by atoms with Crippen LogP contribution >= 0.6 is 0 Å². The van der Waals surface area contributed by atoms with E-state index in [-0.39, 0.29) is 16.8 Å². The molecule has 0 radical (unpaired) electrons. The smallest absolute Gasteiger partial charge is 0.242 e. The summed E-state index contributed by atoms with van der Waals surface area (Å²) in [5.74, 6) is -0.0923. The van der Waals surface area contributed by atoms with Gasteiger partial charge in [-0.05, 0) is 38.8 Å². The molecule has 0 saturated carbocycles. The number of benzene rings is 1. The third-order valence-electron chi connectivity index (χ3n) is 3.18. The summed E-state index contributed by atoms with van der Waals surface area (Å²) in [6.45, 7) is 4.20. The van der Waals surface area contributed by atoms with Gasteiger partial charge < -0.3 is 10.6 Å². The van der Waals surface area contributed by atoms with Crippen molar-refractivity contribution < 1.29 is 13.2 Å². The summed E-state index contributed by atoms with van der Waals surface area (Å²) in [4.78, 5) is 12.0. The van der Waals surface area contributed by atoms with Gasteiger partial charge in [0.05, 0.1) is 5.69 Å². The van der Waals surface area contributed by atoms with Crippen molar-refractivity contribution in [3.8, 4) is 0 Å². The minimum absolute atomic E-state index is 0.0923. The highest BCUT2D eigenvalue weighted by Crippen LogP contribution is 2.23. The van der Waals surface area contributed by atoms with E-state index in [4.69, 9.17) is 0 Å². The SMILES string of the molecule is CC(C)NS(=O)(=O)c1ccccc1NC1CCCNC1=O. The molecule has 1 fully saturated rings. The van der Waals surface area contributed by atoms with Gasteiger partial charge in [-0.25, -0.2) is 13.1 Å². The number of sulfonamides is 1. The predicted molar refractivity (Wildman–Crippen MR) is 81.6 cm³/mol. The summed E-state index contributed by atoms with van der Waals surface area (Å²) >= 11 is 0. The monoisotopic (exact) mass is 311 g/mol. The lowest BCUT2D eigenvalue weighted by atomic mass is 10.1. The van der Waals surface area contributed by atoms with Crippen LogP contribution in [0.3, 0.4) is 0 Å². The second-order valence-corrected chi connectivity index (χ2v) is 7.08. The van der Waals surface area contributed by atoms with Crippen molar-refractivity contribution in [2.24, 2.45) is 0 Å². The van der Waals surface area contributed by atoms with E-state index >= 15 is 0 Å². The van der Waals surface area contributed by atoms with Crippen LogP contribution in [-0.2, 0) is 14.8 Å². The molecular weight excluding hydrogens is 290 g/mol. The maximum atomic E-state index is 12.3. The molecule has 0 spiro atoms. The molecule has 3 N–H and O–H groups in total. The van der Waals surface area contributed by atoms with Gasteiger partial charge in [-0.2, -0.15) is 0 Å². The third kappa shape index (κ3) is 3.95. The van der Waals surface area contributed by atoms with Gasteiger partial charge in [0.25, 0.3) is 0 Å². The molecule has 6 nitrogen and oxygen atoms in total. The molecule has 1 aliphatic heterocycles. The van der Waals surface area contributed by atoms with E-state index in [0.717, 1.165) is 6.42 Å². The number of rotatable bonds is 5.